The van der Waals surface area contributed by atoms with E-state index in [1.807, 2.05) is 68.4 Å². The van der Waals surface area contributed by atoms with Crippen LogP contribution >= 0.6 is 0 Å². The monoisotopic (exact) mass is 1070 g/mol. The third-order valence-electron chi connectivity index (χ3n) is 9.96. The van der Waals surface area contributed by atoms with Crippen molar-refractivity contribution in [3.63, 3.8) is 0 Å². The molecular formula is C53H85F2N15O6. The summed E-state index contributed by atoms with van der Waals surface area (Å²) >= 11 is 0. The fraction of sp³-hybridized carbons (Fsp3) is 0.509. The number of phenols is 1. The Kier molecular flexibility index (Phi) is 29.9. The molecule has 0 bridgehead atoms. The van der Waals surface area contributed by atoms with Gasteiger partial charge in [-0.25, -0.2) is 29.7 Å². The SMILES string of the molecule is C.C=C1N=C(C(C)C)NN1.C=C1N=C(C(C)C)NN1.C=C1N=C(C(C)C)NO1.C=C1NN=C(C(C)C)O1.CC(C)c1ccc(F)c(O)c1F.CC(C)c1nn[nH]n1.Cc1c(C(C)C)c(=O)c1=O.Cc1cc(C(C)C)no1. The van der Waals surface area contributed by atoms with Crippen LogP contribution in [0.15, 0.2) is 102 Å². The molecule has 21 nitrogen and oxygen atoms in total. The first-order valence-electron chi connectivity index (χ1n) is 24.5. The van der Waals surface area contributed by atoms with Crippen LogP contribution in [0.3, 0.4) is 0 Å². The second-order valence-corrected chi connectivity index (χ2v) is 19.4. The largest absolute Gasteiger partial charge is 0.503 e. The molecule has 0 aliphatic carbocycles. The first kappa shape index (κ1) is 68.3. The highest BCUT2D eigenvalue weighted by atomic mass is 19.1. The van der Waals surface area contributed by atoms with E-state index in [2.05, 4.69) is 146 Å². The van der Waals surface area contributed by atoms with Gasteiger partial charge in [0.05, 0.1) is 5.69 Å². The van der Waals surface area contributed by atoms with Gasteiger partial charge in [0.2, 0.25) is 28.5 Å². The highest BCUT2D eigenvalue weighted by Gasteiger charge is 2.19. The minimum absolute atomic E-state index is 0. The van der Waals surface area contributed by atoms with Crippen molar-refractivity contribution in [2.45, 2.75) is 156 Å². The molecule has 0 radical (unpaired) electrons. The van der Waals surface area contributed by atoms with Crippen LogP contribution in [-0.2, 0) is 9.57 Å². The Balaban J connectivity index is 0.000000846. The van der Waals surface area contributed by atoms with Gasteiger partial charge in [-0.05, 0) is 56.4 Å². The first-order chi connectivity index (χ1) is 34.9. The zero-order chi connectivity index (χ0) is 57.4. The Morgan fingerprint density at radius 3 is 1.42 bits per heavy atom. The van der Waals surface area contributed by atoms with E-state index in [4.69, 9.17) is 19.2 Å². The van der Waals surface area contributed by atoms with E-state index in [9.17, 15) is 18.4 Å². The van der Waals surface area contributed by atoms with Crippen molar-refractivity contribution in [1.82, 2.24) is 58.4 Å². The summed E-state index contributed by atoms with van der Waals surface area (Å²) in [6.45, 7) is 49.9. The first-order valence-corrected chi connectivity index (χ1v) is 24.5. The molecule has 4 aliphatic heterocycles. The van der Waals surface area contributed by atoms with Crippen molar-refractivity contribution >= 4 is 23.4 Å². The maximum atomic E-state index is 13.0. The topological polar surface area (TPSA) is 275 Å². The number of hydrogen-bond donors (Lipinski definition) is 8. The predicted molar refractivity (Wildman–Crippen MR) is 299 cm³/mol. The molecular weight excluding hydrogens is 981 g/mol. The smallest absolute Gasteiger partial charge is 0.240 e. The summed E-state index contributed by atoms with van der Waals surface area (Å²) in [4.78, 5) is 38.4. The molecule has 4 aliphatic rings. The number of hydrazine groups is 2. The van der Waals surface area contributed by atoms with E-state index in [1.54, 1.807) is 20.8 Å². The number of phenolic OH excluding ortho intramolecular Hbond substituents is 1. The van der Waals surface area contributed by atoms with Crippen molar-refractivity contribution in [3.8, 4) is 5.75 Å². The molecule has 0 unspecified atom stereocenters. The standard InChI is InChI=1S/C9H10F2O.C8H10O2.C7H11NO.2C6H11N3.2C6H10N2O.C4H8N4.CH4/c1-5(2)6-3-4-7(10)9(12)8(6)11;1-4(2)6-5(3)7(9)8(6)10;1-5(2)7-4-6(3)9-8-7;2*1-4(2)6-7-5(3)8-9-6;1-4(2)6-8-7-5(3)9-6;1-4(2)6-7-5(3)9-8-6;1-3(2)4-5-7-8-6-4;/h3-5,12H,1-2H3;4H,1-3H3;4-5H,1-3H3;2*4,8H,3H2,1-2H3,(H,7,9);4,7H,3H2,1-2H3;4H,3H2,1-2H3,(H,7,8);3H,1-2H3,(H,5,6,7,8);1H4. The van der Waals surface area contributed by atoms with Gasteiger partial charge in [-0.3, -0.25) is 31.3 Å². The molecule has 8 rings (SSSR count). The molecule has 2 aromatic carbocycles. The number of H-pyrrole nitrogens is 1. The number of tetrazole rings is 1. The van der Waals surface area contributed by atoms with E-state index in [-0.39, 0.29) is 30.1 Å². The van der Waals surface area contributed by atoms with Crippen molar-refractivity contribution in [2.75, 3.05) is 0 Å². The lowest BCUT2D eigenvalue weighted by Gasteiger charge is -2.08. The summed E-state index contributed by atoms with van der Waals surface area (Å²) in [5.41, 5.74) is 18.8. The lowest BCUT2D eigenvalue weighted by Crippen LogP contribution is -2.38. The third-order valence-corrected chi connectivity index (χ3v) is 9.96. The number of hydrazone groups is 1. The maximum Gasteiger partial charge on any atom is 0.240 e. The van der Waals surface area contributed by atoms with Crippen molar-refractivity contribution < 1.29 is 28.0 Å². The Morgan fingerprint density at radius 1 is 0.645 bits per heavy atom. The fourth-order valence-electron chi connectivity index (χ4n) is 5.59. The number of benzene rings is 1. The molecule has 422 valence electrons. The van der Waals surface area contributed by atoms with Crippen molar-refractivity contribution in [2.24, 2.45) is 43.8 Å². The van der Waals surface area contributed by atoms with Gasteiger partial charge in [0.25, 0.3) is 0 Å². The molecule has 0 saturated carbocycles. The number of aromatic nitrogens is 5. The molecule has 0 amide bonds. The van der Waals surface area contributed by atoms with Gasteiger partial charge in [0, 0.05) is 46.8 Å². The van der Waals surface area contributed by atoms with Gasteiger partial charge in [0.1, 0.15) is 34.9 Å². The van der Waals surface area contributed by atoms with Crippen LogP contribution in [0.4, 0.5) is 8.78 Å². The minimum atomic E-state index is -0.920. The van der Waals surface area contributed by atoms with E-state index in [0.717, 1.165) is 40.9 Å². The van der Waals surface area contributed by atoms with Gasteiger partial charge in [-0.15, -0.1) is 15.3 Å². The lowest BCUT2D eigenvalue weighted by atomic mass is 9.93. The number of nitrogens with zero attached hydrogens (tertiary/aromatic N) is 8. The molecule has 6 heterocycles. The number of aromatic amines is 1. The molecule has 0 fully saturated rings. The van der Waals surface area contributed by atoms with Crippen LogP contribution < -0.4 is 43.5 Å². The number of aliphatic imine (C=N–C) groups is 3. The Hall–Kier alpha value is -7.72. The summed E-state index contributed by atoms with van der Waals surface area (Å²) in [7, 11) is 0. The number of ether oxygens (including phenoxy) is 1. The number of rotatable bonds is 8. The predicted octanol–water partition coefficient (Wildman–Crippen LogP) is 9.91. The Bertz CT molecular complexity index is 2580. The highest BCUT2D eigenvalue weighted by molar-refractivity contribution is 5.86. The molecule has 23 heteroatoms. The molecule has 76 heavy (non-hydrogen) atoms. The average molecular weight is 1070 g/mol. The number of aromatic hydroxyl groups is 1. The van der Waals surface area contributed by atoms with Crippen molar-refractivity contribution in [1.29, 1.82) is 0 Å². The number of aryl methyl sites for hydroxylation is 1. The second kappa shape index (κ2) is 33.3. The molecule has 4 aromatic rings. The highest BCUT2D eigenvalue weighted by Crippen LogP contribution is 2.27. The Morgan fingerprint density at radius 2 is 1.18 bits per heavy atom. The number of hydroxylamine groups is 1. The second-order valence-electron chi connectivity index (χ2n) is 19.4. The number of hydrogen-bond acceptors (Lipinski definition) is 20. The van der Waals surface area contributed by atoms with Crippen LogP contribution in [0.25, 0.3) is 0 Å². The van der Waals surface area contributed by atoms with E-state index in [0.29, 0.717) is 81.5 Å². The minimum Gasteiger partial charge on any atom is -0.503 e. The van der Waals surface area contributed by atoms with Crippen LogP contribution in [0.1, 0.15) is 176 Å². The molecule has 0 atom stereocenters. The summed E-state index contributed by atoms with van der Waals surface area (Å²) in [6, 6.07) is 4.37. The molecule has 2 aromatic heterocycles. The summed E-state index contributed by atoms with van der Waals surface area (Å²) in [5.74, 6) is 7.38. The van der Waals surface area contributed by atoms with Crippen LogP contribution in [0.5, 0.6) is 5.75 Å². The van der Waals surface area contributed by atoms with Crippen LogP contribution in [0.2, 0.25) is 0 Å². The summed E-state index contributed by atoms with van der Waals surface area (Å²) in [5, 5.41) is 29.9. The molecule has 0 spiro atoms. The van der Waals surface area contributed by atoms with Crippen molar-refractivity contribution in [3.05, 3.63) is 134 Å². The zero-order valence-corrected chi connectivity index (χ0v) is 47.0. The van der Waals surface area contributed by atoms with Gasteiger partial charge in [-0.1, -0.05) is 148 Å². The average Bonchev–Trinajstić information content (AvgIpc) is 4.20. The normalized spacial score (nSPS) is 13.7. The number of nitrogens with one attached hydrogen (secondary N) is 7. The maximum absolute atomic E-state index is 13.0. The van der Waals surface area contributed by atoms with Gasteiger partial charge in [0.15, 0.2) is 23.2 Å². The zero-order valence-electron chi connectivity index (χ0n) is 47.0. The van der Waals surface area contributed by atoms with Crippen LogP contribution in [0, 0.1) is 49.2 Å². The van der Waals surface area contributed by atoms with E-state index < -0.39 is 17.4 Å². The van der Waals surface area contributed by atoms with E-state index >= 15 is 0 Å². The van der Waals surface area contributed by atoms with Gasteiger partial charge < -0.3 is 19.2 Å². The summed E-state index contributed by atoms with van der Waals surface area (Å²) < 4.78 is 35.5. The fourth-order valence-corrected chi connectivity index (χ4v) is 5.59. The summed E-state index contributed by atoms with van der Waals surface area (Å²) in [6.07, 6.45) is 0. The molecule has 8 N–H and O–H groups in total. The van der Waals surface area contributed by atoms with Crippen LogP contribution in [-0.4, -0.2) is 54.3 Å². The molecule has 0 saturated heterocycles. The quantitative estimate of drug-likeness (QED) is 0.0762. The van der Waals surface area contributed by atoms with E-state index in [1.165, 1.54) is 6.07 Å². The lowest BCUT2D eigenvalue weighted by molar-refractivity contribution is 0.176. The number of halogens is 2. The third kappa shape index (κ3) is 23.7. The van der Waals surface area contributed by atoms with Gasteiger partial charge >= 0.3 is 0 Å². The van der Waals surface area contributed by atoms with Gasteiger partial charge in [-0.2, -0.15) is 10.2 Å². The number of amidine groups is 3. The Labute approximate surface area is 447 Å².